The highest BCUT2D eigenvalue weighted by molar-refractivity contribution is 6.07. The molecule has 0 radical (unpaired) electrons. The molecule has 1 N–H and O–H groups in total. The number of carbonyl (C=O) groups excluding carboxylic acids is 2. The maximum atomic E-state index is 12.7. The maximum Gasteiger partial charge on any atom is 0.322 e. The number of nitrogens with one attached hydrogen (secondary N) is 1. The summed E-state index contributed by atoms with van der Waals surface area (Å²) in [5, 5.41) is 2.83. The number of amides is 1. The van der Waals surface area contributed by atoms with E-state index in [-0.39, 0.29) is 18.4 Å². The van der Waals surface area contributed by atoms with E-state index < -0.39 is 11.4 Å². The van der Waals surface area contributed by atoms with E-state index in [0.29, 0.717) is 30.2 Å². The van der Waals surface area contributed by atoms with Gasteiger partial charge in [-0.3, -0.25) is 9.59 Å². The first-order valence-electron chi connectivity index (χ1n) is 8.75. The van der Waals surface area contributed by atoms with Gasteiger partial charge in [-0.2, -0.15) is 0 Å². The number of ether oxygens (including phenoxy) is 4. The van der Waals surface area contributed by atoms with Gasteiger partial charge >= 0.3 is 5.97 Å². The molecule has 2 unspecified atom stereocenters. The van der Waals surface area contributed by atoms with Gasteiger partial charge in [0.1, 0.15) is 0 Å². The van der Waals surface area contributed by atoms with Crippen LogP contribution in [0.5, 0.6) is 17.2 Å². The lowest BCUT2D eigenvalue weighted by Crippen LogP contribution is -2.39. The summed E-state index contributed by atoms with van der Waals surface area (Å²) in [6.45, 7) is 4.43. The second-order valence-electron chi connectivity index (χ2n) is 6.16. The highest BCUT2D eigenvalue weighted by atomic mass is 16.5. The Morgan fingerprint density at radius 3 is 2.19 bits per heavy atom. The van der Waals surface area contributed by atoms with Crippen molar-refractivity contribution >= 4 is 11.9 Å². The molecule has 1 amide bonds. The first-order valence-corrected chi connectivity index (χ1v) is 8.75. The molecule has 7 nitrogen and oxygen atoms in total. The molecule has 0 aliphatic heterocycles. The normalized spacial score (nSPS) is 20.9. The van der Waals surface area contributed by atoms with E-state index in [1.807, 2.05) is 6.92 Å². The van der Waals surface area contributed by atoms with Crippen LogP contribution in [0.2, 0.25) is 0 Å². The molecule has 0 spiro atoms. The van der Waals surface area contributed by atoms with Crippen LogP contribution in [-0.2, 0) is 14.3 Å². The number of hydrogen-bond donors (Lipinski definition) is 1. The summed E-state index contributed by atoms with van der Waals surface area (Å²) in [4.78, 5) is 25.3. The summed E-state index contributed by atoms with van der Waals surface area (Å²) in [6, 6.07) is 3.56. The monoisotopic (exact) mass is 365 g/mol. The summed E-state index contributed by atoms with van der Waals surface area (Å²) in [5.41, 5.74) is -0.422. The minimum atomic E-state index is -1.20. The second-order valence-corrected chi connectivity index (χ2v) is 6.16. The zero-order chi connectivity index (χ0) is 19.3. The summed E-state index contributed by atoms with van der Waals surface area (Å²) in [7, 11) is 4.58. The molecule has 26 heavy (non-hydrogen) atoms. The van der Waals surface area contributed by atoms with Crippen molar-refractivity contribution in [2.75, 3.05) is 34.5 Å². The molecule has 0 heterocycles. The Morgan fingerprint density at radius 1 is 1.12 bits per heavy atom. The van der Waals surface area contributed by atoms with Crippen molar-refractivity contribution in [3.63, 3.8) is 0 Å². The molecule has 2 rings (SSSR count). The standard InChI is InChI=1S/C19H27NO6/c1-6-8-20-17(21)19(18(22)26-7-2)11-13(19)12-9-14(23-3)16(25-5)15(10-12)24-4/h9-10,13H,6-8,11H2,1-5H3,(H,20,21). The molecule has 1 aliphatic rings. The summed E-state index contributed by atoms with van der Waals surface area (Å²) in [6.07, 6.45) is 1.18. The first-order chi connectivity index (χ1) is 12.5. The molecule has 0 aromatic heterocycles. The van der Waals surface area contributed by atoms with Gasteiger partial charge in [0, 0.05) is 12.5 Å². The SMILES string of the molecule is CCCNC(=O)C1(C(=O)OCC)CC1c1cc(OC)c(OC)c(OC)c1. The third-order valence-corrected chi connectivity index (χ3v) is 4.63. The lowest BCUT2D eigenvalue weighted by atomic mass is 9.97. The summed E-state index contributed by atoms with van der Waals surface area (Å²) in [5.74, 6) is 0.355. The predicted molar refractivity (Wildman–Crippen MR) is 95.8 cm³/mol. The number of esters is 1. The van der Waals surface area contributed by atoms with E-state index in [2.05, 4.69) is 5.32 Å². The summed E-state index contributed by atoms with van der Waals surface area (Å²) >= 11 is 0. The zero-order valence-electron chi connectivity index (χ0n) is 16.0. The molecule has 1 saturated carbocycles. The van der Waals surface area contributed by atoms with Gasteiger partial charge < -0.3 is 24.3 Å². The van der Waals surface area contributed by atoms with Gasteiger partial charge in [-0.1, -0.05) is 6.92 Å². The van der Waals surface area contributed by atoms with Crippen LogP contribution >= 0.6 is 0 Å². The van der Waals surface area contributed by atoms with Crippen LogP contribution < -0.4 is 19.5 Å². The van der Waals surface area contributed by atoms with E-state index >= 15 is 0 Å². The largest absolute Gasteiger partial charge is 0.493 e. The second kappa shape index (κ2) is 8.29. The van der Waals surface area contributed by atoms with Crippen LogP contribution in [0.4, 0.5) is 0 Å². The van der Waals surface area contributed by atoms with Crippen molar-refractivity contribution in [2.24, 2.45) is 5.41 Å². The Hall–Kier alpha value is -2.44. The molecule has 2 atom stereocenters. The van der Waals surface area contributed by atoms with Crippen LogP contribution in [0.15, 0.2) is 12.1 Å². The Bertz CT molecular complexity index is 649. The van der Waals surface area contributed by atoms with Crippen molar-refractivity contribution in [2.45, 2.75) is 32.6 Å². The number of rotatable bonds is 9. The fourth-order valence-electron chi connectivity index (χ4n) is 3.19. The van der Waals surface area contributed by atoms with E-state index in [0.717, 1.165) is 12.0 Å². The van der Waals surface area contributed by atoms with Crippen LogP contribution in [0.1, 0.15) is 38.2 Å². The Balaban J connectivity index is 2.41. The molecule has 1 aliphatic carbocycles. The molecule has 0 saturated heterocycles. The van der Waals surface area contributed by atoms with Gasteiger partial charge in [-0.15, -0.1) is 0 Å². The summed E-state index contributed by atoms with van der Waals surface area (Å²) < 4.78 is 21.3. The van der Waals surface area contributed by atoms with E-state index in [9.17, 15) is 9.59 Å². The quantitative estimate of drug-likeness (QED) is 0.534. The Labute approximate surface area is 153 Å². The number of methoxy groups -OCH3 is 3. The molecule has 7 heteroatoms. The third kappa shape index (κ3) is 3.43. The van der Waals surface area contributed by atoms with Crippen LogP contribution in [0.3, 0.4) is 0 Å². The average Bonchev–Trinajstić information content (AvgIpc) is 3.42. The van der Waals surface area contributed by atoms with Crippen molar-refractivity contribution in [3.05, 3.63) is 17.7 Å². The Kier molecular flexibility index (Phi) is 6.34. The van der Waals surface area contributed by atoms with Gasteiger partial charge in [0.15, 0.2) is 16.9 Å². The fourth-order valence-corrected chi connectivity index (χ4v) is 3.19. The lowest BCUT2D eigenvalue weighted by Gasteiger charge is -2.18. The smallest absolute Gasteiger partial charge is 0.322 e. The maximum absolute atomic E-state index is 12.7. The van der Waals surface area contributed by atoms with E-state index in [4.69, 9.17) is 18.9 Å². The fraction of sp³-hybridized carbons (Fsp3) is 0.579. The highest BCUT2D eigenvalue weighted by Crippen LogP contribution is 2.61. The third-order valence-electron chi connectivity index (χ3n) is 4.63. The number of benzene rings is 1. The molecule has 1 aromatic carbocycles. The highest BCUT2D eigenvalue weighted by Gasteiger charge is 2.67. The van der Waals surface area contributed by atoms with Crippen molar-refractivity contribution in [1.82, 2.24) is 5.32 Å². The first kappa shape index (κ1) is 19.9. The molecular weight excluding hydrogens is 338 g/mol. The minimum absolute atomic E-state index is 0.226. The van der Waals surface area contributed by atoms with Crippen molar-refractivity contribution < 1.29 is 28.5 Å². The number of carbonyl (C=O) groups is 2. The predicted octanol–water partition coefficient (Wildman–Crippen LogP) is 2.28. The van der Waals surface area contributed by atoms with Gasteiger partial charge in [0.2, 0.25) is 11.7 Å². The van der Waals surface area contributed by atoms with E-state index in [1.165, 1.54) is 21.3 Å². The van der Waals surface area contributed by atoms with Gasteiger partial charge in [-0.05, 0) is 37.5 Å². The molecular formula is C19H27NO6. The molecule has 1 fully saturated rings. The van der Waals surface area contributed by atoms with E-state index in [1.54, 1.807) is 19.1 Å². The number of hydrogen-bond acceptors (Lipinski definition) is 6. The molecule has 0 bridgehead atoms. The zero-order valence-corrected chi connectivity index (χ0v) is 16.0. The topological polar surface area (TPSA) is 83.1 Å². The minimum Gasteiger partial charge on any atom is -0.493 e. The molecule has 1 aromatic rings. The van der Waals surface area contributed by atoms with Gasteiger partial charge in [-0.25, -0.2) is 0 Å². The molecule has 144 valence electrons. The van der Waals surface area contributed by atoms with Crippen molar-refractivity contribution in [3.8, 4) is 17.2 Å². The average molecular weight is 365 g/mol. The Morgan fingerprint density at radius 2 is 1.73 bits per heavy atom. The lowest BCUT2D eigenvalue weighted by molar-refractivity contribution is -0.154. The van der Waals surface area contributed by atoms with Crippen LogP contribution in [0, 0.1) is 5.41 Å². The van der Waals surface area contributed by atoms with Gasteiger partial charge in [0.25, 0.3) is 0 Å². The van der Waals surface area contributed by atoms with Gasteiger partial charge in [0.05, 0.1) is 27.9 Å². The van der Waals surface area contributed by atoms with Crippen molar-refractivity contribution in [1.29, 1.82) is 0 Å². The van der Waals surface area contributed by atoms with Crippen LogP contribution in [-0.4, -0.2) is 46.4 Å². The van der Waals surface area contributed by atoms with Crippen LogP contribution in [0.25, 0.3) is 0 Å².